The van der Waals surface area contributed by atoms with Gasteiger partial charge in [-0.05, 0) is 54.1 Å². The Hall–Kier alpha value is -3.57. The van der Waals surface area contributed by atoms with Crippen LogP contribution in [0.15, 0.2) is 76.5 Å². The summed E-state index contributed by atoms with van der Waals surface area (Å²) in [4.78, 5) is 11.3. The fraction of sp³-hybridized carbons (Fsp3) is 0.0952. The topological polar surface area (TPSA) is 131 Å². The highest BCUT2D eigenvalue weighted by Gasteiger charge is 2.23. The molecule has 0 fully saturated rings. The molecule has 0 unspecified atom stereocenters. The summed E-state index contributed by atoms with van der Waals surface area (Å²) >= 11 is 0. The van der Waals surface area contributed by atoms with Crippen LogP contribution in [-0.2, 0) is 31.3 Å². The maximum atomic E-state index is 12.8. The first-order valence-corrected chi connectivity index (χ1v) is 12.4. The third-order valence-corrected chi connectivity index (χ3v) is 7.50. The van der Waals surface area contributed by atoms with E-state index >= 15 is 0 Å². The van der Waals surface area contributed by atoms with Crippen LogP contribution < -0.4 is 19.5 Å². The number of fused-ring (bicyclic) bond motifs is 1. The van der Waals surface area contributed by atoms with Gasteiger partial charge in [0, 0.05) is 5.69 Å². The van der Waals surface area contributed by atoms with Crippen molar-refractivity contribution < 1.29 is 26.4 Å². The van der Waals surface area contributed by atoms with Gasteiger partial charge in [-0.2, -0.15) is 0 Å². The van der Waals surface area contributed by atoms with Crippen LogP contribution in [0.3, 0.4) is 0 Å². The average molecular weight is 474 g/mol. The van der Waals surface area contributed by atoms with Crippen molar-refractivity contribution in [3.05, 3.63) is 72.3 Å². The van der Waals surface area contributed by atoms with Crippen molar-refractivity contribution in [2.24, 2.45) is 0 Å². The molecule has 0 atom stereocenters. The summed E-state index contributed by atoms with van der Waals surface area (Å²) < 4.78 is 61.3. The number of rotatable bonds is 7. The Morgan fingerprint density at radius 1 is 0.844 bits per heavy atom. The van der Waals surface area contributed by atoms with Gasteiger partial charge in [0.1, 0.15) is 5.75 Å². The number of hydrogen-bond donors (Lipinski definition) is 3. The molecule has 0 radical (unpaired) electrons. The first-order chi connectivity index (χ1) is 15.2. The zero-order chi connectivity index (χ0) is 22.9. The number of para-hydroxylation sites is 2. The van der Waals surface area contributed by atoms with Gasteiger partial charge in [0.15, 0.2) is 0 Å². The molecule has 1 aliphatic rings. The van der Waals surface area contributed by atoms with Crippen LogP contribution in [0.2, 0.25) is 0 Å². The van der Waals surface area contributed by atoms with Crippen molar-refractivity contribution >= 4 is 43.0 Å². The SMILES string of the molecule is COc1ccccc1NS(=O)(=O)c1cccc(NS(=O)(=O)c2ccc3c(c2)CC(=O)N3)c1. The zero-order valence-corrected chi connectivity index (χ0v) is 18.5. The molecule has 1 amide bonds. The molecule has 9 nitrogen and oxygen atoms in total. The highest BCUT2D eigenvalue weighted by Crippen LogP contribution is 2.29. The van der Waals surface area contributed by atoms with Crippen molar-refractivity contribution in [3.8, 4) is 5.75 Å². The van der Waals surface area contributed by atoms with Gasteiger partial charge >= 0.3 is 0 Å². The smallest absolute Gasteiger partial charge is 0.262 e. The van der Waals surface area contributed by atoms with Gasteiger partial charge in [-0.25, -0.2) is 16.8 Å². The molecule has 3 aromatic rings. The quantitative estimate of drug-likeness (QED) is 0.484. The molecule has 1 heterocycles. The highest BCUT2D eigenvalue weighted by molar-refractivity contribution is 7.93. The van der Waals surface area contributed by atoms with Crippen molar-refractivity contribution in [3.63, 3.8) is 0 Å². The van der Waals surface area contributed by atoms with E-state index in [4.69, 9.17) is 4.74 Å². The van der Waals surface area contributed by atoms with Crippen molar-refractivity contribution in [2.45, 2.75) is 16.2 Å². The predicted molar refractivity (Wildman–Crippen MR) is 120 cm³/mol. The van der Waals surface area contributed by atoms with Crippen LogP contribution in [0.25, 0.3) is 0 Å². The molecule has 32 heavy (non-hydrogen) atoms. The molecule has 0 spiro atoms. The summed E-state index contributed by atoms with van der Waals surface area (Å²) in [7, 11) is -6.60. The molecule has 0 saturated heterocycles. The van der Waals surface area contributed by atoms with E-state index in [0.29, 0.717) is 17.0 Å². The average Bonchev–Trinajstić information content (AvgIpc) is 3.13. The third-order valence-electron chi connectivity index (χ3n) is 4.76. The van der Waals surface area contributed by atoms with E-state index in [-0.39, 0.29) is 33.5 Å². The summed E-state index contributed by atoms with van der Waals surface area (Å²) in [6.45, 7) is 0. The molecule has 0 saturated carbocycles. The first-order valence-electron chi connectivity index (χ1n) is 9.39. The van der Waals surface area contributed by atoms with Crippen LogP contribution in [0, 0.1) is 0 Å². The predicted octanol–water partition coefficient (Wildman–Crippen LogP) is 2.79. The fourth-order valence-corrected chi connectivity index (χ4v) is 5.46. The lowest BCUT2D eigenvalue weighted by molar-refractivity contribution is -0.115. The van der Waals surface area contributed by atoms with Crippen molar-refractivity contribution in [2.75, 3.05) is 21.9 Å². The molecule has 3 aromatic carbocycles. The van der Waals surface area contributed by atoms with Gasteiger partial charge in [-0.15, -0.1) is 0 Å². The lowest BCUT2D eigenvalue weighted by Crippen LogP contribution is -2.16. The summed E-state index contributed by atoms with van der Waals surface area (Å²) in [5, 5.41) is 2.64. The number of methoxy groups -OCH3 is 1. The lowest BCUT2D eigenvalue weighted by atomic mass is 10.2. The van der Waals surface area contributed by atoms with Crippen molar-refractivity contribution in [1.82, 2.24) is 0 Å². The standard InChI is InChI=1S/C21H19N3O6S2/c1-30-20-8-3-2-7-19(20)24-32(28,29)16-6-4-5-15(13-16)23-31(26,27)17-9-10-18-14(11-17)12-21(25)22-18/h2-11,13,23-24H,12H2,1H3,(H,22,25). The summed E-state index contributed by atoms with van der Waals surface area (Å²) in [5.74, 6) is 0.139. The maximum Gasteiger partial charge on any atom is 0.262 e. The Bertz CT molecular complexity index is 1420. The minimum Gasteiger partial charge on any atom is -0.495 e. The molecule has 0 aromatic heterocycles. The normalized spacial score (nSPS) is 13.2. The van der Waals surface area contributed by atoms with Crippen molar-refractivity contribution in [1.29, 1.82) is 0 Å². The molecule has 3 N–H and O–H groups in total. The van der Waals surface area contributed by atoms with Crippen LogP contribution in [0.4, 0.5) is 17.1 Å². The van der Waals surface area contributed by atoms with E-state index in [1.807, 2.05) is 0 Å². The Morgan fingerprint density at radius 3 is 2.34 bits per heavy atom. The zero-order valence-electron chi connectivity index (χ0n) is 16.8. The maximum absolute atomic E-state index is 12.8. The monoisotopic (exact) mass is 473 g/mol. The van der Waals surface area contributed by atoms with Gasteiger partial charge in [-0.1, -0.05) is 18.2 Å². The van der Waals surface area contributed by atoms with E-state index in [0.717, 1.165) is 0 Å². The Kier molecular flexibility index (Phi) is 5.53. The fourth-order valence-electron chi connectivity index (χ4n) is 3.25. The number of ether oxygens (including phenoxy) is 1. The largest absolute Gasteiger partial charge is 0.495 e. The number of amides is 1. The Morgan fingerprint density at radius 2 is 1.56 bits per heavy atom. The van der Waals surface area contributed by atoms with Crippen LogP contribution in [0.1, 0.15) is 5.56 Å². The lowest BCUT2D eigenvalue weighted by Gasteiger charge is -2.13. The van der Waals surface area contributed by atoms with Gasteiger partial charge in [0.2, 0.25) is 5.91 Å². The second-order valence-electron chi connectivity index (χ2n) is 6.98. The molecule has 0 bridgehead atoms. The molecule has 4 rings (SSSR count). The molecule has 0 aliphatic carbocycles. The van der Waals surface area contributed by atoms with Gasteiger partial charge < -0.3 is 10.1 Å². The van der Waals surface area contributed by atoms with E-state index in [1.165, 1.54) is 49.6 Å². The molecular formula is C21H19N3O6S2. The number of carbonyl (C=O) groups excluding carboxylic acids is 1. The van der Waals surface area contributed by atoms with E-state index in [2.05, 4.69) is 14.8 Å². The second-order valence-corrected chi connectivity index (χ2v) is 10.3. The minimum absolute atomic E-state index is 0.0341. The number of carbonyl (C=O) groups is 1. The Labute approximate surface area is 185 Å². The number of hydrogen-bond acceptors (Lipinski definition) is 6. The third kappa shape index (κ3) is 4.39. The van der Waals surface area contributed by atoms with Crippen LogP contribution in [-0.4, -0.2) is 29.9 Å². The van der Waals surface area contributed by atoms with Gasteiger partial charge in [-0.3, -0.25) is 14.2 Å². The first kappa shape index (κ1) is 21.7. The van der Waals surface area contributed by atoms with E-state index < -0.39 is 20.0 Å². The summed E-state index contributed by atoms with van der Waals surface area (Å²) in [5.41, 5.74) is 1.48. The molecule has 11 heteroatoms. The highest BCUT2D eigenvalue weighted by atomic mass is 32.2. The van der Waals surface area contributed by atoms with Gasteiger partial charge in [0.05, 0.1) is 34.7 Å². The number of anilines is 3. The number of sulfonamides is 2. The van der Waals surface area contributed by atoms with Crippen LogP contribution >= 0.6 is 0 Å². The summed E-state index contributed by atoms with van der Waals surface area (Å²) in [6.07, 6.45) is 0.0983. The van der Waals surface area contributed by atoms with Crippen LogP contribution in [0.5, 0.6) is 5.75 Å². The van der Waals surface area contributed by atoms with Gasteiger partial charge in [0.25, 0.3) is 20.0 Å². The number of benzene rings is 3. The van der Waals surface area contributed by atoms with E-state index in [1.54, 1.807) is 24.3 Å². The summed E-state index contributed by atoms with van der Waals surface area (Å²) in [6, 6.07) is 16.3. The Balaban J connectivity index is 1.59. The molecular weight excluding hydrogens is 454 g/mol. The minimum atomic E-state index is -4.01. The number of nitrogens with one attached hydrogen (secondary N) is 3. The second kappa shape index (κ2) is 8.17. The van der Waals surface area contributed by atoms with E-state index in [9.17, 15) is 21.6 Å². The molecule has 166 valence electrons. The molecule has 1 aliphatic heterocycles.